The van der Waals surface area contributed by atoms with Crippen molar-refractivity contribution < 1.29 is 14.4 Å². The van der Waals surface area contributed by atoms with Gasteiger partial charge in [-0.2, -0.15) is 5.26 Å². The van der Waals surface area contributed by atoms with E-state index in [-0.39, 0.29) is 23.8 Å². The average Bonchev–Trinajstić information content (AvgIpc) is 3.38. The summed E-state index contributed by atoms with van der Waals surface area (Å²) in [6.07, 6.45) is 2.12. The zero-order valence-corrected chi connectivity index (χ0v) is 14.3. The molecule has 1 aromatic carbocycles. The number of rotatable bonds is 5. The van der Waals surface area contributed by atoms with Crippen LogP contribution in [0.15, 0.2) is 18.2 Å². The maximum atomic E-state index is 12.5. The van der Waals surface area contributed by atoms with Gasteiger partial charge in [0, 0.05) is 25.8 Å². The van der Waals surface area contributed by atoms with E-state index >= 15 is 0 Å². The highest BCUT2D eigenvalue weighted by molar-refractivity contribution is 6.21. The van der Waals surface area contributed by atoms with Crippen molar-refractivity contribution in [2.75, 3.05) is 25.5 Å². The Morgan fingerprint density at radius 1 is 1.36 bits per heavy atom. The molecule has 1 aromatic rings. The first kappa shape index (κ1) is 17.0. The predicted octanol–water partition coefficient (Wildman–Crippen LogP) is 2.32. The monoisotopic (exact) mass is 340 g/mol. The van der Waals surface area contributed by atoms with Gasteiger partial charge in [0.25, 0.3) is 11.8 Å². The molecular formula is C18H20N4O3. The van der Waals surface area contributed by atoms with Crippen molar-refractivity contribution in [1.29, 1.82) is 5.26 Å². The minimum atomic E-state index is -0.367. The van der Waals surface area contributed by atoms with Gasteiger partial charge in [-0.25, -0.2) is 4.79 Å². The van der Waals surface area contributed by atoms with E-state index in [0.717, 1.165) is 12.8 Å². The number of anilines is 1. The minimum absolute atomic E-state index is 0.260. The number of urea groups is 1. The highest BCUT2D eigenvalue weighted by Crippen LogP contribution is 2.33. The summed E-state index contributed by atoms with van der Waals surface area (Å²) < 4.78 is 0. The number of hydrogen-bond acceptors (Lipinski definition) is 4. The molecule has 0 radical (unpaired) electrons. The summed E-state index contributed by atoms with van der Waals surface area (Å²) in [5.74, 6) is -0.401. The molecule has 1 aliphatic carbocycles. The van der Waals surface area contributed by atoms with Gasteiger partial charge in [-0.05, 0) is 43.9 Å². The third-order valence-corrected chi connectivity index (χ3v) is 4.47. The number of amides is 4. The normalized spacial score (nSPS) is 17.1. The van der Waals surface area contributed by atoms with Crippen molar-refractivity contribution in [3.05, 3.63) is 29.3 Å². The number of imide groups is 1. The minimum Gasteiger partial charge on any atom is -0.326 e. The first-order valence-corrected chi connectivity index (χ1v) is 8.32. The Bertz CT molecular complexity index is 779. The van der Waals surface area contributed by atoms with E-state index in [0.29, 0.717) is 35.8 Å². The molecule has 1 fully saturated rings. The molecule has 4 amide bonds. The SMILES string of the molecule is C[C@H](C#N)CN(C)C(=O)Nc1ccc2c(c1)C(=O)N(CC1CC1)C2=O. The van der Waals surface area contributed by atoms with E-state index in [1.54, 1.807) is 32.2 Å². The van der Waals surface area contributed by atoms with Crippen LogP contribution < -0.4 is 5.32 Å². The van der Waals surface area contributed by atoms with Gasteiger partial charge in [0.05, 0.1) is 23.1 Å². The van der Waals surface area contributed by atoms with Crippen LogP contribution in [0.1, 0.15) is 40.5 Å². The maximum Gasteiger partial charge on any atom is 0.321 e. The van der Waals surface area contributed by atoms with Crippen molar-refractivity contribution in [3.63, 3.8) is 0 Å². The van der Waals surface area contributed by atoms with Crippen LogP contribution in [0, 0.1) is 23.2 Å². The fourth-order valence-electron chi connectivity index (χ4n) is 2.85. The Morgan fingerprint density at radius 2 is 2.04 bits per heavy atom. The summed E-state index contributed by atoms with van der Waals surface area (Å²) >= 11 is 0. The fraction of sp³-hybridized carbons (Fsp3) is 0.444. The molecule has 0 bridgehead atoms. The van der Waals surface area contributed by atoms with Gasteiger partial charge in [0.1, 0.15) is 0 Å². The maximum absolute atomic E-state index is 12.5. The summed E-state index contributed by atoms with van der Waals surface area (Å²) in [6, 6.07) is 6.45. The molecule has 130 valence electrons. The number of nitrogens with one attached hydrogen (secondary N) is 1. The van der Waals surface area contributed by atoms with E-state index in [1.807, 2.05) is 0 Å². The highest BCUT2D eigenvalue weighted by atomic mass is 16.2. The standard InChI is InChI=1S/C18H20N4O3/c1-11(8-19)9-21(2)18(25)20-13-5-6-14-15(7-13)17(24)22(16(14)23)10-12-3-4-12/h5-7,11-12H,3-4,9-10H2,1-2H3,(H,20,25)/t11-/m1/s1. The van der Waals surface area contributed by atoms with E-state index in [9.17, 15) is 14.4 Å². The molecule has 0 saturated heterocycles. The number of nitrogens with zero attached hydrogens (tertiary/aromatic N) is 3. The predicted molar refractivity (Wildman–Crippen MR) is 91.0 cm³/mol. The lowest BCUT2D eigenvalue weighted by Crippen LogP contribution is -2.34. The number of fused-ring (bicyclic) bond motifs is 1. The van der Waals surface area contributed by atoms with Crippen molar-refractivity contribution in [3.8, 4) is 6.07 Å². The summed E-state index contributed by atoms with van der Waals surface area (Å²) in [4.78, 5) is 39.7. The zero-order valence-electron chi connectivity index (χ0n) is 14.3. The summed E-state index contributed by atoms with van der Waals surface area (Å²) in [7, 11) is 1.60. The fourth-order valence-corrected chi connectivity index (χ4v) is 2.85. The van der Waals surface area contributed by atoms with Crippen LogP contribution in [0.3, 0.4) is 0 Å². The largest absolute Gasteiger partial charge is 0.326 e. The van der Waals surface area contributed by atoms with Crippen molar-refractivity contribution in [2.24, 2.45) is 11.8 Å². The molecule has 1 N–H and O–H groups in total. The average molecular weight is 340 g/mol. The molecule has 7 heteroatoms. The van der Waals surface area contributed by atoms with Crippen LogP contribution in [0.5, 0.6) is 0 Å². The molecule has 0 unspecified atom stereocenters. The molecule has 3 rings (SSSR count). The van der Waals surface area contributed by atoms with Crippen LogP contribution in [0.2, 0.25) is 0 Å². The molecule has 1 atom stereocenters. The van der Waals surface area contributed by atoms with Gasteiger partial charge < -0.3 is 10.2 Å². The molecule has 25 heavy (non-hydrogen) atoms. The van der Waals surface area contributed by atoms with Crippen molar-refractivity contribution in [2.45, 2.75) is 19.8 Å². The van der Waals surface area contributed by atoms with Crippen LogP contribution in [-0.2, 0) is 0 Å². The summed E-state index contributed by atoms with van der Waals surface area (Å²) in [5.41, 5.74) is 1.17. The van der Waals surface area contributed by atoms with Crippen LogP contribution >= 0.6 is 0 Å². The van der Waals surface area contributed by atoms with E-state index in [2.05, 4.69) is 11.4 Å². The number of carbonyl (C=O) groups excluding carboxylic acids is 3. The Balaban J connectivity index is 1.71. The van der Waals surface area contributed by atoms with Crippen LogP contribution in [-0.4, -0.2) is 47.8 Å². The van der Waals surface area contributed by atoms with Crippen LogP contribution in [0.25, 0.3) is 0 Å². The van der Waals surface area contributed by atoms with Crippen molar-refractivity contribution >= 4 is 23.5 Å². The number of hydrogen-bond donors (Lipinski definition) is 1. The van der Waals surface area contributed by atoms with Crippen molar-refractivity contribution in [1.82, 2.24) is 9.80 Å². The lowest BCUT2D eigenvalue weighted by molar-refractivity contribution is 0.0647. The van der Waals surface area contributed by atoms with Gasteiger partial charge >= 0.3 is 6.03 Å². The second-order valence-electron chi connectivity index (χ2n) is 6.77. The first-order chi connectivity index (χ1) is 11.9. The third kappa shape index (κ3) is 3.48. The molecule has 0 aromatic heterocycles. The van der Waals surface area contributed by atoms with E-state index in [1.165, 1.54) is 9.80 Å². The smallest absolute Gasteiger partial charge is 0.321 e. The Kier molecular flexibility index (Phi) is 4.45. The molecular weight excluding hydrogens is 320 g/mol. The number of carbonyl (C=O) groups is 3. The quantitative estimate of drug-likeness (QED) is 0.832. The number of benzene rings is 1. The van der Waals surface area contributed by atoms with Gasteiger partial charge in [-0.1, -0.05) is 0 Å². The third-order valence-electron chi connectivity index (χ3n) is 4.47. The van der Waals surface area contributed by atoms with Crippen LogP contribution in [0.4, 0.5) is 10.5 Å². The molecule has 1 aliphatic heterocycles. The lowest BCUT2D eigenvalue weighted by atomic mass is 10.1. The van der Waals surface area contributed by atoms with Gasteiger partial charge in [0.15, 0.2) is 0 Å². The Morgan fingerprint density at radius 3 is 2.68 bits per heavy atom. The first-order valence-electron chi connectivity index (χ1n) is 8.32. The van der Waals surface area contributed by atoms with E-state index in [4.69, 9.17) is 5.26 Å². The van der Waals surface area contributed by atoms with Gasteiger partial charge in [-0.3, -0.25) is 14.5 Å². The lowest BCUT2D eigenvalue weighted by Gasteiger charge is -2.19. The topological polar surface area (TPSA) is 93.5 Å². The Labute approximate surface area is 146 Å². The summed E-state index contributed by atoms with van der Waals surface area (Å²) in [6.45, 7) is 2.51. The van der Waals surface area contributed by atoms with Gasteiger partial charge in [-0.15, -0.1) is 0 Å². The van der Waals surface area contributed by atoms with Gasteiger partial charge in [0.2, 0.25) is 0 Å². The zero-order chi connectivity index (χ0) is 18.1. The molecule has 7 nitrogen and oxygen atoms in total. The number of nitriles is 1. The Hall–Kier alpha value is -2.88. The molecule has 1 heterocycles. The summed E-state index contributed by atoms with van der Waals surface area (Å²) in [5, 5.41) is 11.5. The molecule has 1 saturated carbocycles. The van der Waals surface area contributed by atoms with E-state index < -0.39 is 0 Å². The second kappa shape index (κ2) is 6.55. The molecule has 0 spiro atoms. The highest BCUT2D eigenvalue weighted by Gasteiger charge is 2.38. The second-order valence-corrected chi connectivity index (χ2v) is 6.77. The molecule has 2 aliphatic rings.